The number of sulfone groups is 1. The van der Waals surface area contributed by atoms with Gasteiger partial charge in [-0.25, -0.2) is 13.4 Å². The fourth-order valence-corrected chi connectivity index (χ4v) is 4.64. The van der Waals surface area contributed by atoms with Crippen molar-refractivity contribution < 1.29 is 13.2 Å². The highest BCUT2D eigenvalue weighted by molar-refractivity contribution is 7.91. The van der Waals surface area contributed by atoms with E-state index in [1.54, 1.807) is 10.3 Å². The van der Waals surface area contributed by atoms with Crippen molar-refractivity contribution in [3.8, 4) is 0 Å². The number of hydrogen-bond acceptors (Lipinski definition) is 5. The first-order chi connectivity index (χ1) is 8.93. The third kappa shape index (κ3) is 3.33. The van der Waals surface area contributed by atoms with Gasteiger partial charge in [0.15, 0.2) is 9.84 Å². The van der Waals surface area contributed by atoms with Gasteiger partial charge in [-0.05, 0) is 19.8 Å². The van der Waals surface area contributed by atoms with Gasteiger partial charge in [-0.1, -0.05) is 6.92 Å². The zero-order valence-corrected chi connectivity index (χ0v) is 12.8. The van der Waals surface area contributed by atoms with Gasteiger partial charge in [0.05, 0.1) is 16.5 Å². The zero-order valence-electron chi connectivity index (χ0n) is 11.1. The first-order valence-corrected chi connectivity index (χ1v) is 9.06. The highest BCUT2D eigenvalue weighted by Crippen LogP contribution is 2.21. The maximum absolute atomic E-state index is 12.4. The van der Waals surface area contributed by atoms with E-state index < -0.39 is 9.84 Å². The first kappa shape index (κ1) is 14.5. The van der Waals surface area contributed by atoms with E-state index in [2.05, 4.69) is 4.98 Å². The predicted octanol–water partition coefficient (Wildman–Crippen LogP) is 1.49. The molecule has 1 fully saturated rings. The summed E-state index contributed by atoms with van der Waals surface area (Å²) in [5.74, 6) is 0.122. The summed E-state index contributed by atoms with van der Waals surface area (Å²) in [5, 5.41) is 2.59. The molecule has 0 N–H and O–H groups in total. The van der Waals surface area contributed by atoms with Gasteiger partial charge in [-0.2, -0.15) is 0 Å². The molecule has 1 saturated heterocycles. The Balaban J connectivity index is 2.18. The van der Waals surface area contributed by atoms with Gasteiger partial charge in [-0.15, -0.1) is 11.3 Å². The van der Waals surface area contributed by atoms with Crippen molar-refractivity contribution >= 4 is 27.1 Å². The van der Waals surface area contributed by atoms with E-state index in [4.69, 9.17) is 0 Å². The van der Waals surface area contributed by atoms with E-state index >= 15 is 0 Å². The van der Waals surface area contributed by atoms with Crippen molar-refractivity contribution in [2.45, 2.75) is 32.7 Å². The largest absolute Gasteiger partial charge is 0.333 e. The van der Waals surface area contributed by atoms with Crippen LogP contribution in [0.1, 0.15) is 35.3 Å². The Morgan fingerprint density at radius 3 is 2.79 bits per heavy atom. The van der Waals surface area contributed by atoms with Crippen LogP contribution in [-0.2, 0) is 9.84 Å². The van der Waals surface area contributed by atoms with Crippen LogP contribution < -0.4 is 0 Å². The second kappa shape index (κ2) is 5.58. The minimum atomic E-state index is -2.98. The highest BCUT2D eigenvalue weighted by atomic mass is 32.2. The SMILES string of the molecule is CCCN(C(=O)c1csc(C)n1)C1CCS(=O)(=O)C1. The molecule has 2 heterocycles. The van der Waals surface area contributed by atoms with Gasteiger partial charge >= 0.3 is 0 Å². The van der Waals surface area contributed by atoms with Gasteiger partial charge in [0, 0.05) is 18.0 Å². The molecular formula is C12H18N2O3S2. The van der Waals surface area contributed by atoms with Gasteiger partial charge in [-0.3, -0.25) is 4.79 Å². The molecule has 1 unspecified atom stereocenters. The summed E-state index contributed by atoms with van der Waals surface area (Å²) in [4.78, 5) is 18.3. The number of aromatic nitrogens is 1. The van der Waals surface area contributed by atoms with Gasteiger partial charge in [0.2, 0.25) is 0 Å². The zero-order chi connectivity index (χ0) is 14.0. The summed E-state index contributed by atoms with van der Waals surface area (Å²) in [7, 11) is -2.98. The number of nitrogens with zero attached hydrogens (tertiary/aromatic N) is 2. The van der Waals surface area contributed by atoms with Crippen LogP contribution in [-0.4, -0.2) is 48.3 Å². The number of aryl methyl sites for hydroxylation is 1. The third-order valence-electron chi connectivity index (χ3n) is 3.21. The van der Waals surface area contributed by atoms with Gasteiger partial charge < -0.3 is 4.90 Å². The van der Waals surface area contributed by atoms with Crippen molar-refractivity contribution in [2.75, 3.05) is 18.1 Å². The molecule has 1 aliphatic rings. The van der Waals surface area contributed by atoms with E-state index in [1.807, 2.05) is 13.8 Å². The lowest BCUT2D eigenvalue weighted by Gasteiger charge is -2.27. The number of thiazole rings is 1. The Hall–Kier alpha value is -0.950. The average Bonchev–Trinajstić information content (AvgIpc) is 2.91. The van der Waals surface area contributed by atoms with E-state index in [0.717, 1.165) is 11.4 Å². The molecule has 0 aromatic carbocycles. The Morgan fingerprint density at radius 2 is 2.32 bits per heavy atom. The topological polar surface area (TPSA) is 67.3 Å². The van der Waals surface area contributed by atoms with Crippen LogP contribution in [0.25, 0.3) is 0 Å². The summed E-state index contributed by atoms with van der Waals surface area (Å²) in [6.07, 6.45) is 1.35. The molecular weight excluding hydrogens is 284 g/mol. The molecule has 0 bridgehead atoms. The number of carbonyl (C=O) groups is 1. The molecule has 2 rings (SSSR count). The maximum Gasteiger partial charge on any atom is 0.273 e. The standard InChI is InChI=1S/C12H18N2O3S2/c1-3-5-14(10-4-6-19(16,17)8-10)12(15)11-7-18-9(2)13-11/h7,10H,3-6,8H2,1-2H3. The summed E-state index contributed by atoms with van der Waals surface area (Å²) in [5.41, 5.74) is 0.431. The van der Waals surface area contributed by atoms with E-state index in [-0.39, 0.29) is 23.5 Å². The van der Waals surface area contributed by atoms with Gasteiger partial charge in [0.25, 0.3) is 5.91 Å². The van der Waals surface area contributed by atoms with Crippen molar-refractivity contribution in [3.05, 3.63) is 16.1 Å². The summed E-state index contributed by atoms with van der Waals surface area (Å²) in [6.45, 7) is 4.41. The molecule has 7 heteroatoms. The smallest absolute Gasteiger partial charge is 0.273 e. The quantitative estimate of drug-likeness (QED) is 0.845. The molecule has 1 aliphatic heterocycles. The van der Waals surface area contributed by atoms with Crippen LogP contribution >= 0.6 is 11.3 Å². The molecule has 1 aromatic heterocycles. The first-order valence-electron chi connectivity index (χ1n) is 6.36. The van der Waals surface area contributed by atoms with Crippen molar-refractivity contribution in [3.63, 3.8) is 0 Å². The Morgan fingerprint density at radius 1 is 1.58 bits per heavy atom. The third-order valence-corrected chi connectivity index (χ3v) is 5.74. The molecule has 5 nitrogen and oxygen atoms in total. The Kier molecular flexibility index (Phi) is 4.25. The maximum atomic E-state index is 12.4. The summed E-state index contributed by atoms with van der Waals surface area (Å²) < 4.78 is 23.1. The Labute approximate surface area is 117 Å². The number of amides is 1. The molecule has 1 amide bonds. The molecule has 0 saturated carbocycles. The number of carbonyl (C=O) groups excluding carboxylic acids is 1. The van der Waals surface area contributed by atoms with Crippen LogP contribution in [0, 0.1) is 6.92 Å². The molecule has 0 radical (unpaired) electrons. The molecule has 106 valence electrons. The van der Waals surface area contributed by atoms with Crippen LogP contribution in [0.15, 0.2) is 5.38 Å². The van der Waals surface area contributed by atoms with Gasteiger partial charge in [0.1, 0.15) is 5.69 Å². The van der Waals surface area contributed by atoms with Crippen molar-refractivity contribution in [1.29, 1.82) is 0 Å². The molecule has 0 spiro atoms. The molecule has 1 atom stereocenters. The van der Waals surface area contributed by atoms with E-state index in [1.165, 1.54) is 11.3 Å². The molecule has 0 aliphatic carbocycles. The second-order valence-corrected chi connectivity index (χ2v) is 8.10. The minimum Gasteiger partial charge on any atom is -0.333 e. The lowest BCUT2D eigenvalue weighted by molar-refractivity contribution is 0.0691. The van der Waals surface area contributed by atoms with E-state index in [0.29, 0.717) is 18.7 Å². The molecule has 19 heavy (non-hydrogen) atoms. The fourth-order valence-electron chi connectivity index (χ4n) is 2.32. The Bertz CT molecular complexity index is 565. The number of rotatable bonds is 4. The predicted molar refractivity (Wildman–Crippen MR) is 75.2 cm³/mol. The number of hydrogen-bond donors (Lipinski definition) is 0. The monoisotopic (exact) mass is 302 g/mol. The fraction of sp³-hybridized carbons (Fsp3) is 0.667. The lowest BCUT2D eigenvalue weighted by Crippen LogP contribution is -2.41. The summed E-state index contributed by atoms with van der Waals surface area (Å²) in [6, 6.07) is -0.195. The van der Waals surface area contributed by atoms with Crippen LogP contribution in [0.4, 0.5) is 0 Å². The highest BCUT2D eigenvalue weighted by Gasteiger charge is 2.35. The average molecular weight is 302 g/mol. The normalized spacial score (nSPS) is 21.5. The molecule has 1 aromatic rings. The van der Waals surface area contributed by atoms with E-state index in [9.17, 15) is 13.2 Å². The van der Waals surface area contributed by atoms with Crippen molar-refractivity contribution in [2.24, 2.45) is 0 Å². The second-order valence-electron chi connectivity index (χ2n) is 4.81. The van der Waals surface area contributed by atoms with Crippen LogP contribution in [0.2, 0.25) is 0 Å². The van der Waals surface area contributed by atoms with Crippen molar-refractivity contribution in [1.82, 2.24) is 9.88 Å². The summed E-state index contributed by atoms with van der Waals surface area (Å²) >= 11 is 1.43. The minimum absolute atomic E-state index is 0.0852. The van der Waals surface area contributed by atoms with Crippen LogP contribution in [0.3, 0.4) is 0 Å². The van der Waals surface area contributed by atoms with Crippen LogP contribution in [0.5, 0.6) is 0 Å². The lowest BCUT2D eigenvalue weighted by atomic mass is 10.2.